The zero-order valence-corrected chi connectivity index (χ0v) is 8.81. The summed E-state index contributed by atoms with van der Waals surface area (Å²) in [5.74, 6) is 0.460. The number of nitrogens with zero attached hydrogens (tertiary/aromatic N) is 2. The fraction of sp³-hybridized carbons (Fsp3) is 0.455. The molecule has 1 atom stereocenters. The van der Waals surface area contributed by atoms with Gasteiger partial charge >= 0.3 is 0 Å². The summed E-state index contributed by atoms with van der Waals surface area (Å²) in [5, 5.41) is 0. The molecule has 2 heterocycles. The van der Waals surface area contributed by atoms with Gasteiger partial charge < -0.3 is 10.6 Å². The van der Waals surface area contributed by atoms with Crippen LogP contribution in [0.2, 0.25) is 0 Å². The van der Waals surface area contributed by atoms with Gasteiger partial charge in [0, 0.05) is 24.3 Å². The standard InChI is InChI=1S/C11H15N3O/c1-8-3-2-6-14(8)11(15)9-4-5-13-10(12)7-9/h4-5,7-8H,2-3,6H2,1H3,(H2,12,13). The van der Waals surface area contributed by atoms with Crippen LogP contribution in [0.4, 0.5) is 5.82 Å². The van der Waals surface area contributed by atoms with Crippen molar-refractivity contribution < 1.29 is 4.79 Å². The van der Waals surface area contributed by atoms with Crippen molar-refractivity contribution >= 4 is 11.7 Å². The van der Waals surface area contributed by atoms with E-state index in [2.05, 4.69) is 11.9 Å². The first-order valence-corrected chi connectivity index (χ1v) is 5.21. The maximum absolute atomic E-state index is 12.1. The SMILES string of the molecule is CC1CCCN1C(=O)c1ccnc(N)c1. The Morgan fingerprint density at radius 1 is 1.67 bits per heavy atom. The summed E-state index contributed by atoms with van der Waals surface area (Å²) in [7, 11) is 0. The van der Waals surface area contributed by atoms with Crippen molar-refractivity contribution in [1.82, 2.24) is 9.88 Å². The molecule has 4 heteroatoms. The van der Waals surface area contributed by atoms with E-state index in [1.807, 2.05) is 4.90 Å². The van der Waals surface area contributed by atoms with Gasteiger partial charge in [0.25, 0.3) is 5.91 Å². The lowest BCUT2D eigenvalue weighted by Crippen LogP contribution is -2.33. The quantitative estimate of drug-likeness (QED) is 0.751. The van der Waals surface area contributed by atoms with Crippen LogP contribution in [0.1, 0.15) is 30.1 Å². The highest BCUT2D eigenvalue weighted by Crippen LogP contribution is 2.19. The van der Waals surface area contributed by atoms with Crippen molar-refractivity contribution in [2.75, 3.05) is 12.3 Å². The smallest absolute Gasteiger partial charge is 0.254 e. The summed E-state index contributed by atoms with van der Waals surface area (Å²) in [6.07, 6.45) is 3.75. The van der Waals surface area contributed by atoms with Crippen LogP contribution in [0.3, 0.4) is 0 Å². The van der Waals surface area contributed by atoms with Gasteiger partial charge in [-0.05, 0) is 31.9 Å². The minimum absolute atomic E-state index is 0.0640. The van der Waals surface area contributed by atoms with Crippen LogP contribution < -0.4 is 5.73 Å². The number of carbonyl (C=O) groups is 1. The lowest BCUT2D eigenvalue weighted by Gasteiger charge is -2.21. The molecule has 1 saturated heterocycles. The molecule has 15 heavy (non-hydrogen) atoms. The molecule has 1 aromatic rings. The van der Waals surface area contributed by atoms with Gasteiger partial charge in [0.2, 0.25) is 0 Å². The first-order valence-electron chi connectivity index (χ1n) is 5.21. The largest absolute Gasteiger partial charge is 0.384 e. The van der Waals surface area contributed by atoms with Crippen molar-refractivity contribution in [3.8, 4) is 0 Å². The normalized spacial score (nSPS) is 20.6. The van der Waals surface area contributed by atoms with Crippen molar-refractivity contribution in [3.05, 3.63) is 23.9 Å². The van der Waals surface area contributed by atoms with Crippen molar-refractivity contribution in [2.45, 2.75) is 25.8 Å². The topological polar surface area (TPSA) is 59.2 Å². The molecule has 0 aromatic carbocycles. The summed E-state index contributed by atoms with van der Waals surface area (Å²) < 4.78 is 0. The summed E-state index contributed by atoms with van der Waals surface area (Å²) >= 11 is 0. The first kappa shape index (κ1) is 9.96. The predicted octanol–water partition coefficient (Wildman–Crippen LogP) is 1.29. The highest BCUT2D eigenvalue weighted by Gasteiger charge is 2.25. The third-order valence-electron chi connectivity index (χ3n) is 2.84. The molecule has 2 rings (SSSR count). The summed E-state index contributed by atoms with van der Waals surface area (Å²) in [4.78, 5) is 17.8. The van der Waals surface area contributed by atoms with Gasteiger partial charge in [-0.3, -0.25) is 4.79 Å². The Bertz CT molecular complexity index is 378. The summed E-state index contributed by atoms with van der Waals surface area (Å²) in [6.45, 7) is 2.93. The second-order valence-corrected chi connectivity index (χ2v) is 3.96. The predicted molar refractivity (Wildman–Crippen MR) is 58.4 cm³/mol. The number of pyridine rings is 1. The summed E-state index contributed by atoms with van der Waals surface area (Å²) in [6, 6.07) is 3.68. The van der Waals surface area contributed by atoms with Crippen LogP contribution in [0, 0.1) is 0 Å². The number of nitrogen functional groups attached to an aromatic ring is 1. The molecular weight excluding hydrogens is 190 g/mol. The number of nitrogens with two attached hydrogens (primary N) is 1. The van der Waals surface area contributed by atoms with E-state index in [1.165, 1.54) is 0 Å². The number of hydrogen-bond donors (Lipinski definition) is 1. The number of carbonyl (C=O) groups excluding carboxylic acids is 1. The Morgan fingerprint density at radius 2 is 2.47 bits per heavy atom. The van der Waals surface area contributed by atoms with E-state index in [-0.39, 0.29) is 5.91 Å². The zero-order valence-electron chi connectivity index (χ0n) is 8.81. The Kier molecular flexibility index (Phi) is 2.58. The lowest BCUT2D eigenvalue weighted by atomic mass is 10.2. The molecular formula is C11H15N3O. The maximum Gasteiger partial charge on any atom is 0.254 e. The van der Waals surface area contributed by atoms with Crippen molar-refractivity contribution in [1.29, 1.82) is 0 Å². The number of likely N-dealkylation sites (tertiary alicyclic amines) is 1. The van der Waals surface area contributed by atoms with Gasteiger partial charge in [0.15, 0.2) is 0 Å². The van der Waals surface area contributed by atoms with Crippen LogP contribution >= 0.6 is 0 Å². The Hall–Kier alpha value is -1.58. The number of hydrogen-bond acceptors (Lipinski definition) is 3. The van der Waals surface area contributed by atoms with Gasteiger partial charge in [-0.2, -0.15) is 0 Å². The average molecular weight is 205 g/mol. The third-order valence-corrected chi connectivity index (χ3v) is 2.84. The second-order valence-electron chi connectivity index (χ2n) is 3.96. The molecule has 0 radical (unpaired) electrons. The van der Waals surface area contributed by atoms with Gasteiger partial charge in [0.1, 0.15) is 5.82 Å². The third kappa shape index (κ3) is 1.93. The van der Waals surface area contributed by atoms with Gasteiger partial charge in [-0.1, -0.05) is 0 Å². The van der Waals surface area contributed by atoms with E-state index in [0.29, 0.717) is 17.4 Å². The molecule has 1 aromatic heterocycles. The van der Waals surface area contributed by atoms with E-state index in [1.54, 1.807) is 18.3 Å². The van der Waals surface area contributed by atoms with Gasteiger partial charge in [-0.25, -0.2) is 4.98 Å². The Balaban J connectivity index is 2.20. The molecule has 1 amide bonds. The molecule has 1 unspecified atom stereocenters. The minimum atomic E-state index is 0.0640. The van der Waals surface area contributed by atoms with Crippen LogP contribution in [-0.4, -0.2) is 28.4 Å². The zero-order chi connectivity index (χ0) is 10.8. The molecule has 2 N–H and O–H groups in total. The monoisotopic (exact) mass is 205 g/mol. The molecule has 80 valence electrons. The highest BCUT2D eigenvalue weighted by molar-refractivity contribution is 5.95. The van der Waals surface area contributed by atoms with Crippen LogP contribution in [0.25, 0.3) is 0 Å². The molecule has 0 saturated carbocycles. The lowest BCUT2D eigenvalue weighted by molar-refractivity contribution is 0.0747. The number of aromatic nitrogens is 1. The van der Waals surface area contributed by atoms with Gasteiger partial charge in [0.05, 0.1) is 0 Å². The number of amides is 1. The Morgan fingerprint density at radius 3 is 3.07 bits per heavy atom. The molecule has 1 aliphatic rings. The van der Waals surface area contributed by atoms with E-state index in [9.17, 15) is 4.79 Å². The van der Waals surface area contributed by atoms with Crippen LogP contribution in [-0.2, 0) is 0 Å². The molecule has 0 spiro atoms. The van der Waals surface area contributed by atoms with Gasteiger partial charge in [-0.15, -0.1) is 0 Å². The summed E-state index contributed by atoms with van der Waals surface area (Å²) in [5.41, 5.74) is 6.18. The Labute approximate surface area is 89.1 Å². The van der Waals surface area contributed by atoms with E-state index >= 15 is 0 Å². The molecule has 0 bridgehead atoms. The molecule has 0 aliphatic carbocycles. The van der Waals surface area contributed by atoms with E-state index in [4.69, 9.17) is 5.73 Å². The van der Waals surface area contributed by atoms with Crippen LogP contribution in [0.15, 0.2) is 18.3 Å². The number of anilines is 1. The molecule has 1 fully saturated rings. The average Bonchev–Trinajstić information content (AvgIpc) is 2.63. The number of rotatable bonds is 1. The minimum Gasteiger partial charge on any atom is -0.384 e. The molecule has 1 aliphatic heterocycles. The maximum atomic E-state index is 12.1. The molecule has 4 nitrogen and oxygen atoms in total. The van der Waals surface area contributed by atoms with E-state index in [0.717, 1.165) is 19.4 Å². The second kappa shape index (κ2) is 3.88. The van der Waals surface area contributed by atoms with E-state index < -0.39 is 0 Å². The fourth-order valence-corrected chi connectivity index (χ4v) is 1.98. The van der Waals surface area contributed by atoms with Crippen molar-refractivity contribution in [2.24, 2.45) is 0 Å². The fourth-order valence-electron chi connectivity index (χ4n) is 1.98. The highest BCUT2D eigenvalue weighted by atomic mass is 16.2. The van der Waals surface area contributed by atoms with Crippen LogP contribution in [0.5, 0.6) is 0 Å². The first-order chi connectivity index (χ1) is 7.18. The van der Waals surface area contributed by atoms with Crippen molar-refractivity contribution in [3.63, 3.8) is 0 Å².